The molecule has 0 bridgehead atoms. The van der Waals surface area contributed by atoms with E-state index in [1.807, 2.05) is 18.2 Å². The highest BCUT2D eigenvalue weighted by atomic mass is 16.7. The molecule has 0 radical (unpaired) electrons. The molecule has 5 heteroatoms. The highest BCUT2D eigenvalue weighted by Crippen LogP contribution is 2.27. The first-order valence-electron chi connectivity index (χ1n) is 6.81. The van der Waals surface area contributed by atoms with Crippen LogP contribution in [0, 0.1) is 10.1 Å². The van der Waals surface area contributed by atoms with Crippen LogP contribution in [0.2, 0.25) is 0 Å². The maximum Gasteiger partial charge on any atom is 0.294 e. The molecule has 0 atom stereocenters. The minimum absolute atomic E-state index is 0.0547. The van der Waals surface area contributed by atoms with Crippen molar-refractivity contribution in [1.82, 2.24) is 0 Å². The number of benzene rings is 2. The summed E-state index contributed by atoms with van der Waals surface area (Å²) in [4.78, 5) is 16.0. The molecule has 0 aliphatic rings. The molecule has 0 unspecified atom stereocenters. The van der Waals surface area contributed by atoms with Crippen LogP contribution in [0.1, 0.15) is 12.0 Å². The number of nitro groups is 1. The number of nitro benzene ring substituents is 1. The first kappa shape index (κ1) is 15.0. The number of nitrogens with zero attached hydrogens (tertiary/aromatic N) is 2. The molecule has 2 rings (SSSR count). The number of hydroxylamine groups is 1. The number of aryl methyl sites for hydroxylation is 1. The maximum atomic E-state index is 11.1. The number of rotatable bonds is 7. The van der Waals surface area contributed by atoms with Crippen molar-refractivity contribution in [2.75, 3.05) is 18.7 Å². The van der Waals surface area contributed by atoms with Crippen LogP contribution >= 0.6 is 0 Å². The fourth-order valence-corrected chi connectivity index (χ4v) is 2.21. The predicted octanol–water partition coefficient (Wildman–Crippen LogP) is 3.60. The van der Waals surface area contributed by atoms with Crippen LogP contribution in [0.15, 0.2) is 54.6 Å². The Morgan fingerprint density at radius 2 is 1.76 bits per heavy atom. The van der Waals surface area contributed by atoms with Crippen molar-refractivity contribution in [2.24, 2.45) is 0 Å². The Morgan fingerprint density at radius 1 is 1.10 bits per heavy atom. The summed E-state index contributed by atoms with van der Waals surface area (Å²) in [6.07, 6.45) is 1.76. The van der Waals surface area contributed by atoms with E-state index in [1.165, 1.54) is 18.7 Å². The summed E-state index contributed by atoms with van der Waals surface area (Å²) in [6, 6.07) is 16.7. The molecule has 0 spiro atoms. The fraction of sp³-hybridized carbons (Fsp3) is 0.250. The van der Waals surface area contributed by atoms with Crippen molar-refractivity contribution >= 4 is 11.4 Å². The van der Waals surface area contributed by atoms with Gasteiger partial charge in [-0.1, -0.05) is 42.5 Å². The highest BCUT2D eigenvalue weighted by molar-refractivity contribution is 5.61. The van der Waals surface area contributed by atoms with E-state index >= 15 is 0 Å². The molecular formula is C16H18N2O3. The minimum Gasteiger partial charge on any atom is -0.277 e. The topological polar surface area (TPSA) is 55.6 Å². The van der Waals surface area contributed by atoms with Gasteiger partial charge in [0.05, 0.1) is 12.0 Å². The molecule has 0 aliphatic heterocycles. The molecule has 0 heterocycles. The fourth-order valence-electron chi connectivity index (χ4n) is 2.21. The molecule has 0 fully saturated rings. The number of para-hydroxylation sites is 2. The van der Waals surface area contributed by atoms with Crippen LogP contribution in [-0.4, -0.2) is 18.6 Å². The molecule has 0 saturated heterocycles. The molecule has 0 N–H and O–H groups in total. The van der Waals surface area contributed by atoms with Crippen LogP contribution < -0.4 is 5.06 Å². The van der Waals surface area contributed by atoms with E-state index in [9.17, 15) is 10.1 Å². The lowest BCUT2D eigenvalue weighted by Crippen LogP contribution is -2.24. The van der Waals surface area contributed by atoms with Gasteiger partial charge in [-0.3, -0.25) is 15.0 Å². The SMILES string of the molecule is CON(CCCc1ccccc1)c1ccccc1[N+](=O)[O-]. The van der Waals surface area contributed by atoms with Crippen molar-refractivity contribution in [2.45, 2.75) is 12.8 Å². The molecule has 2 aromatic carbocycles. The number of hydrogen-bond donors (Lipinski definition) is 0. The van der Waals surface area contributed by atoms with Gasteiger partial charge in [0, 0.05) is 12.6 Å². The first-order valence-corrected chi connectivity index (χ1v) is 6.81. The minimum atomic E-state index is -0.390. The molecule has 0 amide bonds. The van der Waals surface area contributed by atoms with Crippen molar-refractivity contribution < 1.29 is 9.76 Å². The molecule has 0 aromatic heterocycles. The van der Waals surface area contributed by atoms with Gasteiger partial charge in [-0.2, -0.15) is 0 Å². The zero-order valence-electron chi connectivity index (χ0n) is 11.9. The van der Waals surface area contributed by atoms with Gasteiger partial charge in [-0.05, 0) is 24.5 Å². The summed E-state index contributed by atoms with van der Waals surface area (Å²) in [6.45, 7) is 0.593. The lowest BCUT2D eigenvalue weighted by atomic mass is 10.1. The Kier molecular flexibility index (Phi) is 5.29. The van der Waals surface area contributed by atoms with Crippen LogP contribution in [0.4, 0.5) is 11.4 Å². The molecule has 21 heavy (non-hydrogen) atoms. The summed E-state index contributed by atoms with van der Waals surface area (Å²) in [5, 5.41) is 12.6. The zero-order chi connectivity index (χ0) is 15.1. The van der Waals surface area contributed by atoms with Crippen molar-refractivity contribution in [3.63, 3.8) is 0 Å². The van der Waals surface area contributed by atoms with E-state index in [0.29, 0.717) is 12.2 Å². The Labute approximate surface area is 123 Å². The highest BCUT2D eigenvalue weighted by Gasteiger charge is 2.18. The quantitative estimate of drug-likeness (QED) is 0.576. The second kappa shape index (κ2) is 7.40. The Morgan fingerprint density at radius 3 is 2.43 bits per heavy atom. The van der Waals surface area contributed by atoms with E-state index in [4.69, 9.17) is 4.84 Å². The second-order valence-electron chi connectivity index (χ2n) is 4.62. The van der Waals surface area contributed by atoms with Gasteiger partial charge in [0.1, 0.15) is 5.69 Å². The third-order valence-electron chi connectivity index (χ3n) is 3.24. The lowest BCUT2D eigenvalue weighted by molar-refractivity contribution is -0.384. The zero-order valence-corrected chi connectivity index (χ0v) is 11.9. The van der Waals surface area contributed by atoms with Gasteiger partial charge in [0.15, 0.2) is 0 Å². The van der Waals surface area contributed by atoms with Crippen LogP contribution in [0.5, 0.6) is 0 Å². The molecule has 0 aliphatic carbocycles. The van der Waals surface area contributed by atoms with Gasteiger partial charge in [0.2, 0.25) is 0 Å². The summed E-state index contributed by atoms with van der Waals surface area (Å²) in [5.74, 6) is 0. The monoisotopic (exact) mass is 286 g/mol. The third kappa shape index (κ3) is 4.03. The average Bonchev–Trinajstić information content (AvgIpc) is 2.52. The van der Waals surface area contributed by atoms with Gasteiger partial charge in [-0.25, -0.2) is 5.06 Å². The summed E-state index contributed by atoms with van der Waals surface area (Å²) < 4.78 is 0. The van der Waals surface area contributed by atoms with Crippen molar-refractivity contribution in [3.05, 3.63) is 70.3 Å². The van der Waals surface area contributed by atoms with E-state index in [-0.39, 0.29) is 5.69 Å². The Balaban J connectivity index is 2.02. The van der Waals surface area contributed by atoms with E-state index in [1.54, 1.807) is 23.3 Å². The van der Waals surface area contributed by atoms with E-state index in [2.05, 4.69) is 12.1 Å². The van der Waals surface area contributed by atoms with Gasteiger partial charge in [-0.15, -0.1) is 0 Å². The lowest BCUT2D eigenvalue weighted by Gasteiger charge is -2.21. The van der Waals surface area contributed by atoms with Gasteiger partial charge >= 0.3 is 0 Å². The van der Waals surface area contributed by atoms with Crippen LogP contribution in [0.3, 0.4) is 0 Å². The maximum absolute atomic E-state index is 11.1. The standard InChI is InChI=1S/C16H18N2O3/c1-21-17(13-7-10-14-8-3-2-4-9-14)15-11-5-6-12-16(15)18(19)20/h2-6,8-9,11-12H,7,10,13H2,1H3. The van der Waals surface area contributed by atoms with Crippen molar-refractivity contribution in [3.8, 4) is 0 Å². The second-order valence-corrected chi connectivity index (χ2v) is 4.62. The third-order valence-corrected chi connectivity index (χ3v) is 3.24. The van der Waals surface area contributed by atoms with Crippen molar-refractivity contribution in [1.29, 1.82) is 0 Å². The van der Waals surface area contributed by atoms with Gasteiger partial charge in [0.25, 0.3) is 5.69 Å². The smallest absolute Gasteiger partial charge is 0.277 e. The number of anilines is 1. The molecule has 5 nitrogen and oxygen atoms in total. The normalized spacial score (nSPS) is 10.3. The predicted molar refractivity (Wildman–Crippen MR) is 82.2 cm³/mol. The first-order chi connectivity index (χ1) is 10.2. The van der Waals surface area contributed by atoms with E-state index < -0.39 is 4.92 Å². The Bertz CT molecular complexity index is 587. The van der Waals surface area contributed by atoms with Crippen LogP contribution in [-0.2, 0) is 11.3 Å². The molecule has 110 valence electrons. The van der Waals surface area contributed by atoms with Gasteiger partial charge < -0.3 is 0 Å². The molecular weight excluding hydrogens is 268 g/mol. The summed E-state index contributed by atoms with van der Waals surface area (Å²) in [7, 11) is 1.53. The number of hydrogen-bond acceptors (Lipinski definition) is 4. The Hall–Kier alpha value is -2.40. The van der Waals surface area contributed by atoms with E-state index in [0.717, 1.165) is 12.8 Å². The summed E-state index contributed by atoms with van der Waals surface area (Å²) >= 11 is 0. The molecule has 0 saturated carbocycles. The van der Waals surface area contributed by atoms with Crippen LogP contribution in [0.25, 0.3) is 0 Å². The molecule has 2 aromatic rings. The summed E-state index contributed by atoms with van der Waals surface area (Å²) in [5.41, 5.74) is 1.79. The average molecular weight is 286 g/mol. The largest absolute Gasteiger partial charge is 0.294 e.